The van der Waals surface area contributed by atoms with Crippen molar-refractivity contribution >= 4 is 17.5 Å². The van der Waals surface area contributed by atoms with Crippen LogP contribution in [-0.2, 0) is 9.59 Å². The normalized spacial score (nSPS) is 14.1. The molecule has 1 aromatic heterocycles. The highest BCUT2D eigenvalue weighted by Crippen LogP contribution is 2.36. The lowest BCUT2D eigenvalue weighted by atomic mass is 9.92. The minimum atomic E-state index is -1.26. The maximum atomic E-state index is 14.7. The van der Waals surface area contributed by atoms with E-state index < -0.39 is 35.3 Å². The van der Waals surface area contributed by atoms with Gasteiger partial charge in [0.05, 0.1) is 5.69 Å². The number of hydrogen-bond acceptors (Lipinski definition) is 5. The number of halogens is 1. The van der Waals surface area contributed by atoms with Gasteiger partial charge in [0.2, 0.25) is 11.8 Å². The van der Waals surface area contributed by atoms with Crippen LogP contribution in [0.2, 0.25) is 0 Å². The molecular weight excluding hydrogens is 551 g/mol. The van der Waals surface area contributed by atoms with Crippen molar-refractivity contribution < 1.29 is 23.8 Å². The Balaban J connectivity index is 1.43. The highest BCUT2D eigenvalue weighted by molar-refractivity contribution is 5.95. The first-order valence-electron chi connectivity index (χ1n) is 13.9. The van der Waals surface area contributed by atoms with Gasteiger partial charge in [-0.2, -0.15) is 0 Å². The minimum absolute atomic E-state index is 0.0793. The van der Waals surface area contributed by atoms with E-state index in [4.69, 9.17) is 11.2 Å². The monoisotopic (exact) mass is 582 g/mol. The molecular formula is C33H31FN4O5. The van der Waals surface area contributed by atoms with Gasteiger partial charge in [0.15, 0.2) is 6.61 Å². The Morgan fingerprint density at radius 3 is 2.44 bits per heavy atom. The van der Waals surface area contributed by atoms with Crippen molar-refractivity contribution in [1.82, 2.24) is 14.5 Å². The van der Waals surface area contributed by atoms with Crippen molar-refractivity contribution in [1.29, 1.82) is 0 Å². The van der Waals surface area contributed by atoms with Crippen molar-refractivity contribution in [2.24, 2.45) is 0 Å². The number of nitrogens with zero attached hydrogens (tertiary/aromatic N) is 2. The van der Waals surface area contributed by atoms with E-state index in [2.05, 4.69) is 16.2 Å². The van der Waals surface area contributed by atoms with E-state index in [1.807, 2.05) is 6.07 Å². The number of nitrogens with one attached hydrogen (secondary N) is 2. The van der Waals surface area contributed by atoms with Gasteiger partial charge in [-0.3, -0.25) is 9.59 Å². The molecule has 1 unspecified atom stereocenters. The summed E-state index contributed by atoms with van der Waals surface area (Å²) < 4.78 is 21.3. The molecule has 0 spiro atoms. The SMILES string of the molecule is C#Cc1ccc(NC(=O)C([C@@H](C)c2ccccc2)n2c(O)c(-c3ccc(OCC(=O)N4CCCC4)cc3)[nH]c2=O)c(F)c1. The summed E-state index contributed by atoms with van der Waals surface area (Å²) in [6.45, 7) is 3.13. The number of aromatic amines is 1. The van der Waals surface area contributed by atoms with Crippen molar-refractivity contribution in [2.75, 3.05) is 25.0 Å². The van der Waals surface area contributed by atoms with Crippen LogP contribution in [0.5, 0.6) is 11.6 Å². The van der Waals surface area contributed by atoms with Crippen LogP contribution in [0.25, 0.3) is 11.3 Å². The largest absolute Gasteiger partial charge is 0.493 e. The molecule has 3 aromatic carbocycles. The number of amides is 2. The number of imidazole rings is 1. The molecule has 5 rings (SSSR count). The van der Waals surface area contributed by atoms with Crippen LogP contribution >= 0.6 is 0 Å². The molecule has 0 saturated carbocycles. The Morgan fingerprint density at radius 1 is 1.09 bits per heavy atom. The molecule has 43 heavy (non-hydrogen) atoms. The molecule has 2 amide bonds. The van der Waals surface area contributed by atoms with Crippen LogP contribution in [0, 0.1) is 18.2 Å². The van der Waals surface area contributed by atoms with Crippen LogP contribution in [0.15, 0.2) is 77.6 Å². The first-order valence-corrected chi connectivity index (χ1v) is 13.9. The number of ether oxygens (including phenoxy) is 1. The number of aromatic hydroxyl groups is 1. The Kier molecular flexibility index (Phi) is 8.62. The quantitative estimate of drug-likeness (QED) is 0.249. The number of hydrogen-bond donors (Lipinski definition) is 3. The standard InChI is InChI=1S/C33H31FN4O5/c1-3-22-11-16-27(26(34)19-22)35-31(40)30(21(2)23-9-5-4-6-10-23)38-32(41)29(36-33(38)42)24-12-14-25(15-13-24)43-20-28(39)37-17-7-8-18-37/h1,4-6,9-16,19,21,30,41H,7-8,17-18,20H2,2H3,(H,35,40)(H,36,42)/t21-,30?/m0/s1. The highest BCUT2D eigenvalue weighted by atomic mass is 19.1. The van der Waals surface area contributed by atoms with Gasteiger partial charge in [-0.25, -0.2) is 13.8 Å². The summed E-state index contributed by atoms with van der Waals surface area (Å²) >= 11 is 0. The number of carbonyl (C=O) groups excluding carboxylic acids is 2. The van der Waals surface area contributed by atoms with E-state index in [1.165, 1.54) is 12.1 Å². The average molecular weight is 583 g/mol. The van der Waals surface area contributed by atoms with Crippen LogP contribution in [-0.4, -0.2) is 51.1 Å². The zero-order chi connectivity index (χ0) is 30.5. The number of benzene rings is 3. The smallest absolute Gasteiger partial charge is 0.329 e. The van der Waals surface area contributed by atoms with Gasteiger partial charge in [-0.15, -0.1) is 6.42 Å². The van der Waals surface area contributed by atoms with Crippen molar-refractivity contribution in [3.63, 3.8) is 0 Å². The summed E-state index contributed by atoms with van der Waals surface area (Å²) in [7, 11) is 0. The van der Waals surface area contributed by atoms with Gasteiger partial charge >= 0.3 is 5.69 Å². The zero-order valence-corrected chi connectivity index (χ0v) is 23.5. The Hall–Kier alpha value is -5.30. The first-order chi connectivity index (χ1) is 20.8. The molecule has 10 heteroatoms. The third-order valence-electron chi connectivity index (χ3n) is 7.61. The number of aromatic nitrogens is 2. The van der Waals surface area contributed by atoms with Crippen LogP contribution in [0.1, 0.15) is 42.9 Å². The predicted octanol–water partition coefficient (Wildman–Crippen LogP) is 4.65. The molecule has 1 saturated heterocycles. The summed E-state index contributed by atoms with van der Waals surface area (Å²) in [4.78, 5) is 43.7. The predicted molar refractivity (Wildman–Crippen MR) is 160 cm³/mol. The van der Waals surface area contributed by atoms with Gasteiger partial charge in [-0.1, -0.05) is 43.2 Å². The summed E-state index contributed by atoms with van der Waals surface area (Å²) in [5.41, 5.74) is 0.737. The van der Waals surface area contributed by atoms with Gasteiger partial charge in [0.1, 0.15) is 23.3 Å². The molecule has 0 aliphatic carbocycles. The van der Waals surface area contributed by atoms with Crippen molar-refractivity contribution in [2.45, 2.75) is 31.7 Å². The summed E-state index contributed by atoms with van der Waals surface area (Å²) in [6.07, 6.45) is 7.33. The number of carbonyl (C=O) groups is 2. The number of H-pyrrole nitrogens is 1. The average Bonchev–Trinajstić information content (AvgIpc) is 3.67. The van der Waals surface area contributed by atoms with Gasteiger partial charge < -0.3 is 25.0 Å². The van der Waals surface area contributed by atoms with E-state index >= 15 is 0 Å². The molecule has 1 aliphatic heterocycles. The Bertz CT molecular complexity index is 1720. The zero-order valence-electron chi connectivity index (χ0n) is 23.5. The van der Waals surface area contributed by atoms with E-state index in [1.54, 1.807) is 60.4 Å². The third-order valence-corrected chi connectivity index (χ3v) is 7.61. The van der Waals surface area contributed by atoms with Crippen LogP contribution in [0.4, 0.5) is 10.1 Å². The van der Waals surface area contributed by atoms with Crippen molar-refractivity contribution in [3.05, 3.63) is 100 Å². The topological polar surface area (TPSA) is 117 Å². The van der Waals surface area contributed by atoms with E-state index in [-0.39, 0.29) is 23.9 Å². The first kappa shape index (κ1) is 29.2. The molecule has 1 aliphatic rings. The second-order valence-corrected chi connectivity index (χ2v) is 10.4. The summed E-state index contributed by atoms with van der Waals surface area (Å²) in [6, 6.07) is 18.2. The second kappa shape index (κ2) is 12.7. The van der Waals surface area contributed by atoms with Gasteiger partial charge in [-0.05, 0) is 60.9 Å². The second-order valence-electron chi connectivity index (χ2n) is 10.4. The minimum Gasteiger partial charge on any atom is -0.493 e. The molecule has 0 bridgehead atoms. The van der Waals surface area contributed by atoms with Gasteiger partial charge in [0.25, 0.3) is 5.91 Å². The van der Waals surface area contributed by atoms with E-state index in [0.29, 0.717) is 16.9 Å². The molecule has 0 radical (unpaired) electrons. The Morgan fingerprint density at radius 2 is 1.79 bits per heavy atom. The number of rotatable bonds is 9. The fraction of sp³-hybridized carbons (Fsp3) is 0.242. The van der Waals surface area contributed by atoms with Crippen molar-refractivity contribution in [3.8, 4) is 35.2 Å². The van der Waals surface area contributed by atoms with E-state index in [0.717, 1.165) is 42.1 Å². The lowest BCUT2D eigenvalue weighted by Crippen LogP contribution is -2.35. The fourth-order valence-electron chi connectivity index (χ4n) is 5.24. The molecule has 2 heterocycles. The number of terminal acetylenes is 1. The van der Waals surface area contributed by atoms with Crippen LogP contribution < -0.4 is 15.7 Å². The molecule has 4 aromatic rings. The highest BCUT2D eigenvalue weighted by Gasteiger charge is 2.33. The lowest BCUT2D eigenvalue weighted by molar-refractivity contribution is -0.132. The number of likely N-dealkylation sites (tertiary alicyclic amines) is 1. The molecule has 3 N–H and O–H groups in total. The lowest BCUT2D eigenvalue weighted by Gasteiger charge is -2.25. The maximum Gasteiger partial charge on any atom is 0.329 e. The summed E-state index contributed by atoms with van der Waals surface area (Å²) in [5, 5.41) is 13.9. The summed E-state index contributed by atoms with van der Waals surface area (Å²) in [5.74, 6) is 0.196. The maximum absolute atomic E-state index is 14.7. The Labute approximate surface area is 247 Å². The van der Waals surface area contributed by atoms with E-state index in [9.17, 15) is 23.9 Å². The molecule has 9 nitrogen and oxygen atoms in total. The molecule has 1 fully saturated rings. The number of anilines is 1. The third kappa shape index (κ3) is 6.31. The molecule has 2 atom stereocenters. The fourth-order valence-corrected chi connectivity index (χ4v) is 5.24. The molecule has 220 valence electrons. The van der Waals surface area contributed by atoms with Crippen LogP contribution in [0.3, 0.4) is 0 Å². The van der Waals surface area contributed by atoms with Gasteiger partial charge in [0, 0.05) is 30.1 Å².